The fourth-order valence-corrected chi connectivity index (χ4v) is 2.04. The molecule has 0 aliphatic rings. The average Bonchev–Trinajstić information content (AvgIpc) is 2.72. The minimum atomic E-state index is -5.17. The van der Waals surface area contributed by atoms with Crippen LogP contribution >= 0.6 is 0 Å². The van der Waals surface area contributed by atoms with Crippen LogP contribution in [0, 0.1) is 0 Å². The average molecular weight is 432 g/mol. The minimum absolute atomic E-state index is 0.101. The minimum Gasteiger partial charge on any atom is -0.759 e. The summed E-state index contributed by atoms with van der Waals surface area (Å²) >= 11 is 0. The highest BCUT2D eigenvalue weighted by molar-refractivity contribution is 7.79. The van der Waals surface area contributed by atoms with Gasteiger partial charge in [-0.15, -0.1) is 0 Å². The molecule has 11 heteroatoms. The Balaban J connectivity index is 0.000000442. The number of hydrogen-bond donors (Lipinski definition) is 6. The SMILES string of the molecule is O=S(=O)([O-])[O-].[NH3+]C(CO)C(O)c1ccccc1.[NH3+]C(CO)C(O)c1ccccc1. The number of benzene rings is 2. The molecule has 164 valence electrons. The maximum atomic E-state index is 9.57. The highest BCUT2D eigenvalue weighted by Gasteiger charge is 2.19. The van der Waals surface area contributed by atoms with E-state index < -0.39 is 22.6 Å². The maximum Gasteiger partial charge on any atom is 0.138 e. The maximum absolute atomic E-state index is 9.57. The van der Waals surface area contributed by atoms with Gasteiger partial charge >= 0.3 is 0 Å². The summed E-state index contributed by atoms with van der Waals surface area (Å²) in [6, 6.07) is 17.7. The molecule has 0 heterocycles. The molecule has 0 spiro atoms. The third-order valence-electron chi connectivity index (χ3n) is 3.64. The van der Waals surface area contributed by atoms with Gasteiger partial charge in [-0.3, -0.25) is 8.42 Å². The Morgan fingerprint density at radius 3 is 1.17 bits per heavy atom. The van der Waals surface area contributed by atoms with E-state index in [1.807, 2.05) is 60.7 Å². The predicted octanol–water partition coefficient (Wildman–Crippen LogP) is -2.69. The van der Waals surface area contributed by atoms with Crippen LogP contribution in [0.4, 0.5) is 0 Å². The van der Waals surface area contributed by atoms with Crippen molar-refractivity contribution in [2.75, 3.05) is 13.2 Å². The number of rotatable bonds is 6. The molecule has 29 heavy (non-hydrogen) atoms. The van der Waals surface area contributed by atoms with Gasteiger partial charge in [0.25, 0.3) is 0 Å². The van der Waals surface area contributed by atoms with E-state index in [1.54, 1.807) is 0 Å². The van der Waals surface area contributed by atoms with Crippen LogP contribution in [0.5, 0.6) is 0 Å². The van der Waals surface area contributed by atoms with Crippen molar-refractivity contribution in [3.05, 3.63) is 71.8 Å². The Bertz CT molecular complexity index is 702. The van der Waals surface area contributed by atoms with Gasteiger partial charge in [0, 0.05) is 10.4 Å². The molecule has 4 atom stereocenters. The first-order chi connectivity index (χ1) is 13.5. The van der Waals surface area contributed by atoms with E-state index in [0.29, 0.717) is 0 Å². The summed E-state index contributed by atoms with van der Waals surface area (Å²) in [6.45, 7) is -0.202. The summed E-state index contributed by atoms with van der Waals surface area (Å²) in [4.78, 5) is 0. The lowest BCUT2D eigenvalue weighted by molar-refractivity contribution is -0.444. The Morgan fingerprint density at radius 1 is 0.724 bits per heavy atom. The third kappa shape index (κ3) is 13.0. The second-order valence-corrected chi connectivity index (χ2v) is 6.82. The van der Waals surface area contributed by atoms with Gasteiger partial charge in [0.2, 0.25) is 0 Å². The monoisotopic (exact) mass is 432 g/mol. The molecule has 0 saturated heterocycles. The molecule has 0 aliphatic carbocycles. The van der Waals surface area contributed by atoms with Crippen molar-refractivity contribution in [3.8, 4) is 0 Å². The fraction of sp³-hybridized carbons (Fsp3) is 0.333. The molecular weight excluding hydrogens is 404 g/mol. The van der Waals surface area contributed by atoms with Gasteiger partial charge < -0.3 is 41.0 Å². The lowest BCUT2D eigenvalue weighted by Gasteiger charge is -2.13. The summed E-state index contributed by atoms with van der Waals surface area (Å²) in [5.41, 5.74) is 8.86. The van der Waals surface area contributed by atoms with E-state index in [9.17, 15) is 10.2 Å². The first-order valence-corrected chi connectivity index (χ1v) is 9.85. The molecule has 0 saturated carbocycles. The fourth-order valence-electron chi connectivity index (χ4n) is 2.04. The van der Waals surface area contributed by atoms with Crippen LogP contribution in [0.25, 0.3) is 0 Å². The molecule has 0 aliphatic heterocycles. The second kappa shape index (κ2) is 14.1. The molecule has 0 radical (unpaired) electrons. The molecule has 2 rings (SSSR count). The lowest BCUT2D eigenvalue weighted by atomic mass is 10.0. The molecule has 0 bridgehead atoms. The quantitative estimate of drug-likeness (QED) is 0.208. The molecule has 2 aromatic rings. The van der Waals surface area contributed by atoms with Crippen LogP contribution in [0.2, 0.25) is 0 Å². The van der Waals surface area contributed by atoms with Gasteiger partial charge in [0.1, 0.15) is 24.3 Å². The molecule has 0 aromatic heterocycles. The third-order valence-corrected chi connectivity index (χ3v) is 3.64. The van der Waals surface area contributed by atoms with Crippen LogP contribution in [-0.2, 0) is 10.4 Å². The van der Waals surface area contributed by atoms with Crippen molar-refractivity contribution in [1.82, 2.24) is 0 Å². The van der Waals surface area contributed by atoms with Gasteiger partial charge in [0.15, 0.2) is 0 Å². The van der Waals surface area contributed by atoms with Crippen molar-refractivity contribution >= 4 is 10.4 Å². The summed E-state index contributed by atoms with van der Waals surface area (Å²) in [6.07, 6.45) is -1.34. The molecule has 10 N–H and O–H groups in total. The smallest absolute Gasteiger partial charge is 0.138 e. The van der Waals surface area contributed by atoms with Crippen molar-refractivity contribution in [1.29, 1.82) is 0 Å². The molecule has 10 nitrogen and oxygen atoms in total. The van der Waals surface area contributed by atoms with Crippen molar-refractivity contribution < 1.29 is 49.4 Å². The van der Waals surface area contributed by atoms with Crippen LogP contribution < -0.4 is 11.5 Å². The molecule has 0 fully saturated rings. The van der Waals surface area contributed by atoms with E-state index >= 15 is 0 Å². The van der Waals surface area contributed by atoms with Crippen molar-refractivity contribution in [2.24, 2.45) is 0 Å². The van der Waals surface area contributed by atoms with Crippen molar-refractivity contribution in [3.63, 3.8) is 0 Å². The van der Waals surface area contributed by atoms with E-state index in [-0.39, 0.29) is 25.3 Å². The number of aliphatic hydroxyl groups excluding tert-OH is 4. The molecular formula is C18H28N2O8S. The van der Waals surface area contributed by atoms with Crippen LogP contribution in [-0.4, -0.2) is 63.2 Å². The van der Waals surface area contributed by atoms with E-state index in [2.05, 4.69) is 11.5 Å². The lowest BCUT2D eigenvalue weighted by Crippen LogP contribution is -2.65. The molecule has 4 unspecified atom stereocenters. The highest BCUT2D eigenvalue weighted by Crippen LogP contribution is 2.14. The van der Waals surface area contributed by atoms with Gasteiger partial charge in [-0.05, 0) is 11.1 Å². The first-order valence-electron chi connectivity index (χ1n) is 8.51. The molecule has 2 aromatic carbocycles. The topological polar surface area (TPSA) is 216 Å². The zero-order chi connectivity index (χ0) is 22.4. The van der Waals surface area contributed by atoms with E-state index in [0.717, 1.165) is 11.1 Å². The van der Waals surface area contributed by atoms with Crippen molar-refractivity contribution in [2.45, 2.75) is 24.3 Å². The van der Waals surface area contributed by atoms with E-state index in [1.165, 1.54) is 0 Å². The number of hydrogen-bond acceptors (Lipinski definition) is 8. The predicted molar refractivity (Wildman–Crippen MR) is 101 cm³/mol. The summed E-state index contributed by atoms with van der Waals surface area (Å²) in [5, 5.41) is 36.6. The van der Waals surface area contributed by atoms with Gasteiger partial charge in [0.05, 0.1) is 13.2 Å². The number of quaternary nitrogens is 2. The first kappa shape index (κ1) is 27.1. The van der Waals surface area contributed by atoms with Gasteiger partial charge in [-0.1, -0.05) is 60.7 Å². The Labute approximate surface area is 169 Å². The second-order valence-electron chi connectivity index (χ2n) is 6.00. The van der Waals surface area contributed by atoms with Gasteiger partial charge in [-0.25, -0.2) is 0 Å². The van der Waals surface area contributed by atoms with Crippen LogP contribution in [0.1, 0.15) is 23.3 Å². The zero-order valence-corrected chi connectivity index (χ0v) is 16.6. The number of aliphatic hydroxyl groups is 4. The summed E-state index contributed by atoms with van der Waals surface area (Å²) in [5.74, 6) is 0. The normalized spacial score (nSPS) is 14.9. The van der Waals surface area contributed by atoms with Crippen LogP contribution in [0.3, 0.4) is 0 Å². The zero-order valence-electron chi connectivity index (χ0n) is 15.7. The molecule has 0 amide bonds. The van der Waals surface area contributed by atoms with Crippen LogP contribution in [0.15, 0.2) is 60.7 Å². The summed E-state index contributed by atoms with van der Waals surface area (Å²) < 4.78 is 34.1. The Morgan fingerprint density at radius 2 is 0.966 bits per heavy atom. The van der Waals surface area contributed by atoms with Gasteiger partial charge in [-0.2, -0.15) is 0 Å². The Hall–Kier alpha value is -1.93. The van der Waals surface area contributed by atoms with E-state index in [4.69, 9.17) is 27.7 Å². The largest absolute Gasteiger partial charge is 0.759 e. The highest BCUT2D eigenvalue weighted by atomic mass is 32.3. The Kier molecular flexibility index (Phi) is 13.2. The standard InChI is InChI=1S/2C9H13NO2.H2O4S/c2*10-8(6-11)9(12)7-4-2-1-3-5-7;1-5(2,3)4/h2*1-5,8-9,11-12H,6,10H2;(H2,1,2,3,4). The summed E-state index contributed by atoms with van der Waals surface area (Å²) in [7, 11) is -5.17.